The molecule has 0 saturated carbocycles. The Labute approximate surface area is 366 Å². The maximum atomic E-state index is 7.52. The Balaban J connectivity index is 1.34. The Kier molecular flexibility index (Phi) is 8.70. The number of fused-ring (bicyclic) bond motifs is 8. The molecular formula is C54H50BN3O2Si2. The number of aryl methyl sites for hydroxylation is 2. The van der Waals surface area contributed by atoms with Gasteiger partial charge in [-0.1, -0.05) is 124 Å². The molecule has 8 heteroatoms. The lowest BCUT2D eigenvalue weighted by Gasteiger charge is -2.42. The van der Waals surface area contributed by atoms with Crippen molar-refractivity contribution >= 4 is 123 Å². The number of nitrogens with zero attached hydrogens (tertiary/aromatic N) is 3. The fourth-order valence-electron chi connectivity index (χ4n) is 9.98. The van der Waals surface area contributed by atoms with Crippen molar-refractivity contribution in [1.82, 2.24) is 0 Å². The third-order valence-electron chi connectivity index (χ3n) is 12.7. The molecule has 0 N–H and O–H groups in total. The molecule has 5 nitrogen and oxygen atoms in total. The minimum Gasteiger partial charge on any atom is -0.468 e. The highest BCUT2D eigenvalue weighted by Crippen LogP contribution is 2.51. The normalized spacial score (nSPS) is 13.4. The molecular weight excluding hydrogens is 790 g/mol. The first-order chi connectivity index (χ1) is 29.9. The Bertz CT molecular complexity index is 3010. The van der Waals surface area contributed by atoms with Gasteiger partial charge in [0.2, 0.25) is 0 Å². The number of hydrogen-bond acceptors (Lipinski definition) is 5. The summed E-state index contributed by atoms with van der Waals surface area (Å²) < 4.78 is 15.0. The van der Waals surface area contributed by atoms with Crippen LogP contribution in [0.3, 0.4) is 0 Å². The number of rotatable bonds is 7. The summed E-state index contributed by atoms with van der Waals surface area (Å²) in [5.74, 6) is 0. The van der Waals surface area contributed by atoms with Crippen molar-refractivity contribution < 1.29 is 8.83 Å². The van der Waals surface area contributed by atoms with Gasteiger partial charge in [0.1, 0.15) is 22.5 Å². The van der Waals surface area contributed by atoms with Gasteiger partial charge in [0.05, 0.1) is 33.2 Å². The molecule has 0 radical (unpaired) electrons. The third-order valence-corrected chi connectivity index (χ3v) is 16.7. The van der Waals surface area contributed by atoms with E-state index < -0.39 is 16.1 Å². The maximum absolute atomic E-state index is 7.52. The zero-order chi connectivity index (χ0) is 42.7. The smallest absolute Gasteiger partial charge is 0.342 e. The summed E-state index contributed by atoms with van der Waals surface area (Å²) >= 11 is 0. The van der Waals surface area contributed by atoms with E-state index in [2.05, 4.69) is 226 Å². The largest absolute Gasteiger partial charge is 0.468 e. The van der Waals surface area contributed by atoms with E-state index in [1.807, 2.05) is 0 Å². The van der Waals surface area contributed by atoms with E-state index in [4.69, 9.17) is 8.83 Å². The molecule has 0 atom stereocenters. The molecule has 0 aliphatic carbocycles. The van der Waals surface area contributed by atoms with Gasteiger partial charge in [-0.2, -0.15) is 0 Å². The summed E-state index contributed by atoms with van der Waals surface area (Å²) in [7, 11) is -3.73. The Morgan fingerprint density at radius 3 is 1.27 bits per heavy atom. The average molecular weight is 840 g/mol. The lowest BCUT2D eigenvalue weighted by atomic mass is 9.37. The first kappa shape index (κ1) is 38.4. The number of benzene rings is 7. The number of hydrogen-bond donors (Lipinski definition) is 0. The van der Waals surface area contributed by atoms with Crippen LogP contribution in [0.1, 0.15) is 11.1 Å². The molecule has 2 aliphatic heterocycles. The maximum Gasteiger partial charge on any atom is 0.342 e. The average Bonchev–Trinajstić information content (AvgIpc) is 3.83. The second-order valence-electron chi connectivity index (χ2n) is 19.2. The standard InChI is InChI=1S/C54H50BN3O2Si2/c1-35-19-15-25-39(31-35)57-44-33-41(56(37-21-11-9-12-22-37)38-23-13-10-14-24-38)34-45-48(44)55(53-49(57)42-27-17-29-46(51(42)59-53)61(3,4)5)54-50(58(45)40-26-16-20-36(2)32-40)43-28-18-30-47(52(43)60-54)62(6,7)8/h9-34H,1-8H3. The zero-order valence-corrected chi connectivity index (χ0v) is 38.7. The summed E-state index contributed by atoms with van der Waals surface area (Å²) in [6, 6.07) is 57.8. The molecule has 0 spiro atoms. The van der Waals surface area contributed by atoms with E-state index >= 15 is 0 Å². The molecule has 7 aromatic carbocycles. The van der Waals surface area contributed by atoms with Crippen molar-refractivity contribution in [3.63, 3.8) is 0 Å². The number of anilines is 9. The second-order valence-corrected chi connectivity index (χ2v) is 29.3. The molecule has 2 aliphatic rings. The van der Waals surface area contributed by atoms with Crippen molar-refractivity contribution in [3.8, 4) is 0 Å². The van der Waals surface area contributed by atoms with Crippen molar-refractivity contribution in [2.45, 2.75) is 53.1 Å². The fourth-order valence-corrected chi connectivity index (χ4v) is 12.9. The van der Waals surface area contributed by atoms with E-state index in [1.165, 1.54) is 27.0 Å². The van der Waals surface area contributed by atoms with Crippen LogP contribution < -0.4 is 41.9 Å². The van der Waals surface area contributed by atoms with Gasteiger partial charge >= 0.3 is 6.71 Å². The van der Waals surface area contributed by atoms with E-state index in [1.54, 1.807) is 0 Å². The van der Waals surface area contributed by atoms with Crippen molar-refractivity contribution in [3.05, 3.63) is 169 Å². The lowest BCUT2D eigenvalue weighted by Crippen LogP contribution is -2.60. The van der Waals surface area contributed by atoms with E-state index in [0.717, 1.165) is 84.4 Å². The second kappa shape index (κ2) is 14.0. The van der Waals surface area contributed by atoms with Crippen molar-refractivity contribution in [1.29, 1.82) is 0 Å². The Morgan fingerprint density at radius 1 is 0.452 bits per heavy atom. The highest BCUT2D eigenvalue weighted by molar-refractivity contribution is 7.00. The summed E-state index contributed by atoms with van der Waals surface area (Å²) in [4.78, 5) is 7.38. The molecule has 0 unspecified atom stereocenters. The predicted molar refractivity (Wildman–Crippen MR) is 270 cm³/mol. The van der Waals surface area contributed by atoms with Crippen molar-refractivity contribution in [2.75, 3.05) is 14.7 Å². The van der Waals surface area contributed by atoms with Gasteiger partial charge in [0.15, 0.2) is 0 Å². The highest BCUT2D eigenvalue weighted by atomic mass is 28.3. The molecule has 2 aromatic heterocycles. The number of furan rings is 2. The third kappa shape index (κ3) is 5.95. The minimum absolute atomic E-state index is 0.313. The zero-order valence-electron chi connectivity index (χ0n) is 36.7. The SMILES string of the molecule is Cc1cccc(N2c3cc(N(c4ccccc4)c4ccccc4)cc4c3B(c3oc5c([Si](C)(C)C)cccc5c32)c2oc3c([Si](C)(C)C)cccc3c2N4c2cccc(C)c2)c1. The van der Waals surface area contributed by atoms with Crippen LogP contribution in [0.2, 0.25) is 39.3 Å². The molecule has 0 saturated heterocycles. The molecule has 4 heterocycles. The molecule has 0 fully saturated rings. The van der Waals surface area contributed by atoms with Gasteiger partial charge < -0.3 is 23.5 Å². The van der Waals surface area contributed by atoms with Crippen molar-refractivity contribution in [2.24, 2.45) is 0 Å². The predicted octanol–water partition coefficient (Wildman–Crippen LogP) is 12.4. The van der Waals surface area contributed by atoms with Crippen LogP contribution in [-0.2, 0) is 0 Å². The topological polar surface area (TPSA) is 36.0 Å². The van der Waals surface area contributed by atoms with Crippen LogP contribution >= 0.6 is 0 Å². The fraction of sp³-hybridized carbons (Fsp3) is 0.148. The van der Waals surface area contributed by atoms with E-state index in [9.17, 15) is 0 Å². The van der Waals surface area contributed by atoms with Gasteiger partial charge in [-0.15, -0.1) is 0 Å². The lowest BCUT2D eigenvalue weighted by molar-refractivity contribution is 0.639. The molecule has 62 heavy (non-hydrogen) atoms. The Hall–Kier alpha value is -6.48. The van der Waals surface area contributed by atoms with E-state index in [0.29, 0.717) is 0 Å². The van der Waals surface area contributed by atoms with Gasteiger partial charge in [0, 0.05) is 44.9 Å². The Morgan fingerprint density at radius 2 is 0.871 bits per heavy atom. The van der Waals surface area contributed by atoms with Gasteiger partial charge in [0.25, 0.3) is 0 Å². The molecule has 11 rings (SSSR count). The molecule has 0 amide bonds. The van der Waals surface area contributed by atoms with Crippen LogP contribution in [0.4, 0.5) is 51.2 Å². The van der Waals surface area contributed by atoms with Gasteiger partial charge in [-0.3, -0.25) is 0 Å². The molecule has 9 aromatic rings. The van der Waals surface area contributed by atoms with E-state index in [-0.39, 0.29) is 6.71 Å². The summed E-state index contributed by atoms with van der Waals surface area (Å²) in [6.07, 6.45) is 0. The monoisotopic (exact) mass is 839 g/mol. The first-order valence-electron chi connectivity index (χ1n) is 21.8. The summed E-state index contributed by atoms with van der Waals surface area (Å²) in [6.45, 7) is 18.5. The first-order valence-corrected chi connectivity index (χ1v) is 28.8. The van der Waals surface area contributed by atoms with Crippen LogP contribution in [-0.4, -0.2) is 22.9 Å². The van der Waals surface area contributed by atoms with Crippen LogP contribution in [0, 0.1) is 13.8 Å². The molecule has 0 bridgehead atoms. The summed E-state index contributed by atoms with van der Waals surface area (Å²) in [5, 5.41) is 4.90. The van der Waals surface area contributed by atoms with Crippen LogP contribution in [0.25, 0.3) is 21.9 Å². The van der Waals surface area contributed by atoms with Gasteiger partial charge in [-0.25, -0.2) is 0 Å². The highest BCUT2D eigenvalue weighted by Gasteiger charge is 2.51. The van der Waals surface area contributed by atoms with Crippen LogP contribution in [0.15, 0.2) is 167 Å². The van der Waals surface area contributed by atoms with Crippen LogP contribution in [0.5, 0.6) is 0 Å². The quantitative estimate of drug-likeness (QED) is 0.149. The number of para-hydroxylation sites is 4. The summed E-state index contributed by atoms with van der Waals surface area (Å²) in [5.41, 5.74) is 17.2. The van der Waals surface area contributed by atoms with Gasteiger partial charge in [-0.05, 0) is 114 Å². The molecule has 304 valence electrons. The minimum atomic E-state index is -1.86.